The van der Waals surface area contributed by atoms with Gasteiger partial charge >= 0.3 is 5.97 Å². The van der Waals surface area contributed by atoms with Crippen molar-refractivity contribution < 1.29 is 23.9 Å². The van der Waals surface area contributed by atoms with Gasteiger partial charge in [0.2, 0.25) is 0 Å². The standard InChI is InChI=1S/C22H19Br2NO5S/c1-3-29-19(26)11-25-21(27)18(31-22(25)28)10-15-8-16(23)20(17(24)9-15)30-12-14-6-4-5-13(2)7-14/h4-10H,3,11-12H2,1-2H3/b18-10+. The van der Waals surface area contributed by atoms with Gasteiger partial charge in [0.1, 0.15) is 18.9 Å². The lowest BCUT2D eigenvalue weighted by Crippen LogP contribution is -2.34. The number of rotatable bonds is 7. The fourth-order valence-electron chi connectivity index (χ4n) is 2.88. The molecule has 0 bridgehead atoms. The second kappa shape index (κ2) is 10.5. The third kappa shape index (κ3) is 5.99. The van der Waals surface area contributed by atoms with Crippen LogP contribution in [0.3, 0.4) is 0 Å². The van der Waals surface area contributed by atoms with Crippen LogP contribution in [0.1, 0.15) is 23.6 Å². The lowest BCUT2D eigenvalue weighted by molar-refractivity contribution is -0.145. The number of hydrogen-bond acceptors (Lipinski definition) is 6. The fraction of sp³-hybridized carbons (Fsp3) is 0.227. The third-order valence-electron chi connectivity index (χ3n) is 4.25. The van der Waals surface area contributed by atoms with Crippen molar-refractivity contribution in [3.63, 3.8) is 0 Å². The van der Waals surface area contributed by atoms with E-state index in [0.717, 1.165) is 27.8 Å². The van der Waals surface area contributed by atoms with E-state index in [-0.39, 0.29) is 11.5 Å². The molecule has 2 amide bonds. The fourth-order valence-corrected chi connectivity index (χ4v) is 5.17. The first kappa shape index (κ1) is 23.6. The van der Waals surface area contributed by atoms with Crippen LogP contribution in [0.15, 0.2) is 50.2 Å². The van der Waals surface area contributed by atoms with Crippen molar-refractivity contribution in [1.29, 1.82) is 0 Å². The average molecular weight is 569 g/mol. The largest absolute Gasteiger partial charge is 0.487 e. The zero-order valence-corrected chi connectivity index (χ0v) is 20.8. The number of nitrogens with zero attached hydrogens (tertiary/aromatic N) is 1. The molecule has 0 spiro atoms. The van der Waals surface area contributed by atoms with E-state index in [2.05, 4.69) is 37.9 Å². The minimum absolute atomic E-state index is 0.186. The van der Waals surface area contributed by atoms with Gasteiger partial charge in [0.05, 0.1) is 20.5 Å². The van der Waals surface area contributed by atoms with Crippen LogP contribution in [0.4, 0.5) is 4.79 Å². The molecule has 31 heavy (non-hydrogen) atoms. The molecule has 0 radical (unpaired) electrons. The molecule has 2 aromatic carbocycles. The number of benzene rings is 2. The van der Waals surface area contributed by atoms with E-state index in [0.29, 0.717) is 26.9 Å². The third-order valence-corrected chi connectivity index (χ3v) is 6.34. The highest BCUT2D eigenvalue weighted by Gasteiger charge is 2.36. The Morgan fingerprint density at radius 2 is 1.87 bits per heavy atom. The lowest BCUT2D eigenvalue weighted by atomic mass is 10.1. The topological polar surface area (TPSA) is 72.9 Å². The highest BCUT2D eigenvalue weighted by Crippen LogP contribution is 2.38. The van der Waals surface area contributed by atoms with Gasteiger partial charge in [-0.3, -0.25) is 19.3 Å². The molecule has 0 N–H and O–H groups in total. The normalized spacial score (nSPS) is 15.0. The number of imide groups is 1. The number of thioether (sulfide) groups is 1. The molecule has 0 atom stereocenters. The SMILES string of the molecule is CCOC(=O)CN1C(=O)S/C(=C/c2cc(Br)c(OCc3cccc(C)c3)c(Br)c2)C1=O. The van der Waals surface area contributed by atoms with Gasteiger partial charge in [0, 0.05) is 0 Å². The van der Waals surface area contributed by atoms with E-state index in [9.17, 15) is 14.4 Å². The Kier molecular flexibility index (Phi) is 7.96. The predicted molar refractivity (Wildman–Crippen MR) is 127 cm³/mol. The van der Waals surface area contributed by atoms with E-state index in [1.165, 1.54) is 0 Å². The molecule has 0 aromatic heterocycles. The predicted octanol–water partition coefficient (Wildman–Crippen LogP) is 5.70. The number of aryl methyl sites for hydroxylation is 1. The average Bonchev–Trinajstić information content (AvgIpc) is 2.95. The number of carbonyl (C=O) groups excluding carboxylic acids is 3. The number of esters is 1. The molecule has 3 rings (SSSR count). The Morgan fingerprint density at radius 3 is 2.52 bits per heavy atom. The minimum Gasteiger partial charge on any atom is -0.487 e. The number of hydrogen-bond donors (Lipinski definition) is 0. The van der Waals surface area contributed by atoms with Gasteiger partial charge in [-0.25, -0.2) is 0 Å². The van der Waals surface area contributed by atoms with E-state index in [1.807, 2.05) is 25.1 Å². The van der Waals surface area contributed by atoms with E-state index < -0.39 is 23.7 Å². The summed E-state index contributed by atoms with van der Waals surface area (Å²) >= 11 is 7.81. The molecule has 6 nitrogen and oxygen atoms in total. The van der Waals surface area contributed by atoms with E-state index in [1.54, 1.807) is 25.1 Å². The Morgan fingerprint density at radius 1 is 1.16 bits per heavy atom. The Bertz CT molecular complexity index is 1050. The van der Waals surface area contributed by atoms with Gasteiger partial charge in [-0.2, -0.15) is 0 Å². The van der Waals surface area contributed by atoms with Crippen LogP contribution in [0.25, 0.3) is 6.08 Å². The molecule has 1 aliphatic rings. The minimum atomic E-state index is -0.619. The van der Waals surface area contributed by atoms with E-state index in [4.69, 9.17) is 9.47 Å². The molecular formula is C22H19Br2NO5S. The molecule has 1 aliphatic heterocycles. The zero-order chi connectivity index (χ0) is 22.5. The van der Waals surface area contributed by atoms with Crippen molar-refractivity contribution >= 4 is 66.8 Å². The zero-order valence-electron chi connectivity index (χ0n) is 16.8. The highest BCUT2D eigenvalue weighted by molar-refractivity contribution is 9.11. The van der Waals surface area contributed by atoms with Crippen molar-refractivity contribution in [2.24, 2.45) is 0 Å². The Hall–Kier alpha value is -2.10. The Labute approximate surface area is 201 Å². The smallest absolute Gasteiger partial charge is 0.326 e. The highest BCUT2D eigenvalue weighted by atomic mass is 79.9. The molecule has 1 fully saturated rings. The van der Waals surface area contributed by atoms with Gasteiger partial charge < -0.3 is 9.47 Å². The first-order chi connectivity index (χ1) is 14.8. The maximum absolute atomic E-state index is 12.5. The quantitative estimate of drug-likeness (QED) is 0.315. The maximum atomic E-state index is 12.5. The number of halogens is 2. The molecule has 0 saturated carbocycles. The molecule has 1 saturated heterocycles. The molecule has 0 unspecified atom stereocenters. The van der Waals surface area contributed by atoms with Crippen LogP contribution in [-0.4, -0.2) is 35.2 Å². The summed E-state index contributed by atoms with van der Waals surface area (Å²) in [6.45, 7) is 3.89. The van der Waals surface area contributed by atoms with Crippen LogP contribution in [0.2, 0.25) is 0 Å². The van der Waals surface area contributed by atoms with Gasteiger partial charge in [-0.05, 0) is 86.8 Å². The summed E-state index contributed by atoms with van der Waals surface area (Å²) in [5.74, 6) is -0.504. The van der Waals surface area contributed by atoms with E-state index >= 15 is 0 Å². The number of carbonyl (C=O) groups is 3. The van der Waals surface area contributed by atoms with Crippen LogP contribution >= 0.6 is 43.6 Å². The molecule has 9 heteroatoms. The monoisotopic (exact) mass is 567 g/mol. The lowest BCUT2D eigenvalue weighted by Gasteiger charge is -2.12. The van der Waals surface area contributed by atoms with Gasteiger partial charge in [-0.15, -0.1) is 0 Å². The van der Waals surface area contributed by atoms with Crippen LogP contribution in [-0.2, 0) is 20.9 Å². The van der Waals surface area contributed by atoms with Crippen molar-refractivity contribution in [2.45, 2.75) is 20.5 Å². The first-order valence-electron chi connectivity index (χ1n) is 9.37. The molecule has 1 heterocycles. The maximum Gasteiger partial charge on any atom is 0.326 e. The van der Waals surface area contributed by atoms with Gasteiger partial charge in [0.25, 0.3) is 11.1 Å². The summed E-state index contributed by atoms with van der Waals surface area (Å²) in [6, 6.07) is 11.7. The number of amides is 2. The first-order valence-corrected chi connectivity index (χ1v) is 11.8. The summed E-state index contributed by atoms with van der Waals surface area (Å²) in [5.41, 5.74) is 2.91. The van der Waals surface area contributed by atoms with Crippen molar-refractivity contribution in [3.05, 3.63) is 66.9 Å². The van der Waals surface area contributed by atoms with Crippen LogP contribution in [0, 0.1) is 6.92 Å². The second-order valence-electron chi connectivity index (χ2n) is 6.66. The molecule has 0 aliphatic carbocycles. The summed E-state index contributed by atoms with van der Waals surface area (Å²) in [5, 5.41) is -0.499. The van der Waals surface area contributed by atoms with Crippen molar-refractivity contribution in [1.82, 2.24) is 4.90 Å². The molecular weight excluding hydrogens is 550 g/mol. The summed E-state index contributed by atoms with van der Waals surface area (Å²) in [6.07, 6.45) is 1.61. The van der Waals surface area contributed by atoms with Crippen molar-refractivity contribution in [2.75, 3.05) is 13.2 Å². The second-order valence-corrected chi connectivity index (χ2v) is 9.37. The van der Waals surface area contributed by atoms with Gasteiger partial charge in [0.15, 0.2) is 0 Å². The van der Waals surface area contributed by atoms with Gasteiger partial charge in [-0.1, -0.05) is 29.8 Å². The molecule has 2 aromatic rings. The Balaban J connectivity index is 1.75. The van der Waals surface area contributed by atoms with Crippen LogP contribution < -0.4 is 4.74 Å². The number of ether oxygens (including phenoxy) is 2. The van der Waals surface area contributed by atoms with Crippen LogP contribution in [0.5, 0.6) is 5.75 Å². The summed E-state index contributed by atoms with van der Waals surface area (Å²) in [7, 11) is 0. The summed E-state index contributed by atoms with van der Waals surface area (Å²) < 4.78 is 12.2. The van der Waals surface area contributed by atoms with Crippen molar-refractivity contribution in [3.8, 4) is 5.75 Å². The molecule has 162 valence electrons. The summed E-state index contributed by atoms with van der Waals surface area (Å²) in [4.78, 5) is 37.4.